The molecule has 29 heavy (non-hydrogen) atoms. The number of aliphatic carboxylic acids is 1. The van der Waals surface area contributed by atoms with Gasteiger partial charge in [-0.05, 0) is 12.8 Å². The lowest BCUT2D eigenvalue weighted by Gasteiger charge is -2.53. The first-order chi connectivity index (χ1) is 13.8. The van der Waals surface area contributed by atoms with Crippen LogP contribution in [-0.2, 0) is 24.6 Å². The number of carboxylic acid groups (broad SMARTS) is 1. The average molecular weight is 441 g/mol. The SMILES string of the molecule is CC(=O)Nc1nnc(C2(C(=O)O)CS[C@@H]3C(NC(=O)CNC4CC4)C(=O)N3C2)s1. The van der Waals surface area contributed by atoms with E-state index in [2.05, 4.69) is 26.1 Å². The molecule has 2 saturated heterocycles. The molecule has 0 aromatic carbocycles. The lowest BCUT2D eigenvalue weighted by atomic mass is 9.88. The number of anilines is 1. The number of β-lactam (4-membered cyclic amide) rings is 1. The van der Waals surface area contributed by atoms with Crippen molar-refractivity contribution in [3.63, 3.8) is 0 Å². The van der Waals surface area contributed by atoms with Crippen LogP contribution in [0.1, 0.15) is 24.8 Å². The van der Waals surface area contributed by atoms with Crippen LogP contribution < -0.4 is 16.0 Å². The summed E-state index contributed by atoms with van der Waals surface area (Å²) in [5, 5.41) is 26.2. The highest BCUT2D eigenvalue weighted by molar-refractivity contribution is 8.00. The molecule has 1 aromatic rings. The molecule has 11 nitrogen and oxygen atoms in total. The maximum absolute atomic E-state index is 12.6. The lowest BCUT2D eigenvalue weighted by Crippen LogP contribution is -2.74. The molecular formula is C16H20N6O5S2. The van der Waals surface area contributed by atoms with E-state index in [1.54, 1.807) is 0 Å². The van der Waals surface area contributed by atoms with Crippen LogP contribution in [0.5, 0.6) is 0 Å². The van der Waals surface area contributed by atoms with Gasteiger partial charge in [0.15, 0.2) is 0 Å². The minimum absolute atomic E-state index is 0.0553. The van der Waals surface area contributed by atoms with Gasteiger partial charge >= 0.3 is 5.97 Å². The van der Waals surface area contributed by atoms with Gasteiger partial charge in [0.25, 0.3) is 0 Å². The van der Waals surface area contributed by atoms with Gasteiger partial charge in [-0.3, -0.25) is 19.2 Å². The molecule has 4 rings (SSSR count). The van der Waals surface area contributed by atoms with Gasteiger partial charge in [0.1, 0.15) is 21.8 Å². The number of aromatic nitrogens is 2. The average Bonchev–Trinajstić information content (AvgIpc) is 3.40. The maximum atomic E-state index is 12.6. The molecule has 3 atom stereocenters. The molecule has 156 valence electrons. The van der Waals surface area contributed by atoms with Gasteiger partial charge < -0.3 is 26.0 Å². The van der Waals surface area contributed by atoms with Gasteiger partial charge in [-0.25, -0.2) is 0 Å². The van der Waals surface area contributed by atoms with E-state index in [1.165, 1.54) is 23.6 Å². The Morgan fingerprint density at radius 1 is 1.31 bits per heavy atom. The van der Waals surface area contributed by atoms with E-state index in [1.807, 2.05) is 0 Å². The highest BCUT2D eigenvalue weighted by Gasteiger charge is 2.59. The molecule has 0 radical (unpaired) electrons. The zero-order chi connectivity index (χ0) is 20.8. The van der Waals surface area contributed by atoms with Gasteiger partial charge in [-0.2, -0.15) is 0 Å². The number of fused-ring (bicyclic) bond motifs is 1. The van der Waals surface area contributed by atoms with E-state index in [0.717, 1.165) is 24.2 Å². The zero-order valence-corrected chi connectivity index (χ0v) is 17.1. The Morgan fingerprint density at radius 3 is 2.72 bits per heavy atom. The van der Waals surface area contributed by atoms with Crippen LogP contribution in [0.25, 0.3) is 0 Å². The monoisotopic (exact) mass is 440 g/mol. The minimum Gasteiger partial charge on any atom is -0.480 e. The maximum Gasteiger partial charge on any atom is 0.319 e. The summed E-state index contributed by atoms with van der Waals surface area (Å²) in [6.45, 7) is 1.43. The number of carbonyl (C=O) groups excluding carboxylic acids is 3. The van der Waals surface area contributed by atoms with Crippen LogP contribution in [0.15, 0.2) is 0 Å². The quantitative estimate of drug-likeness (QED) is 0.390. The van der Waals surface area contributed by atoms with Crippen molar-refractivity contribution in [1.82, 2.24) is 25.7 Å². The van der Waals surface area contributed by atoms with Crippen molar-refractivity contribution >= 4 is 51.9 Å². The van der Waals surface area contributed by atoms with Gasteiger partial charge in [-0.15, -0.1) is 22.0 Å². The Labute approximate surface area is 174 Å². The standard InChI is InChI=1S/C16H20N6O5S2/c1-7(23)18-15-21-20-13(29-15)16(14(26)27)5-22-11(25)10(12(22)28-6-16)19-9(24)4-17-8-2-3-8/h8,10,12,17H,2-6H2,1H3,(H,19,24)(H,26,27)(H,18,21,23)/t10?,12-,16?/m1/s1. The van der Waals surface area contributed by atoms with E-state index in [0.29, 0.717) is 6.04 Å². The summed E-state index contributed by atoms with van der Waals surface area (Å²) in [6.07, 6.45) is 2.13. The van der Waals surface area contributed by atoms with Crippen molar-refractivity contribution in [3.8, 4) is 0 Å². The topological polar surface area (TPSA) is 154 Å². The van der Waals surface area contributed by atoms with Gasteiger partial charge in [0.05, 0.1) is 6.54 Å². The van der Waals surface area contributed by atoms with Gasteiger partial charge in [-0.1, -0.05) is 11.3 Å². The fraction of sp³-hybridized carbons (Fsp3) is 0.625. The second-order valence-corrected chi connectivity index (χ2v) is 9.43. The number of carboxylic acids is 1. The van der Waals surface area contributed by atoms with Crippen LogP contribution in [0.4, 0.5) is 5.13 Å². The fourth-order valence-corrected chi connectivity index (χ4v) is 5.89. The summed E-state index contributed by atoms with van der Waals surface area (Å²) >= 11 is 2.28. The van der Waals surface area contributed by atoms with Crippen molar-refractivity contribution < 1.29 is 24.3 Å². The first kappa shape index (κ1) is 20.0. The Hall–Kier alpha value is -2.25. The Bertz CT molecular complexity index is 874. The number of carbonyl (C=O) groups is 4. The molecule has 4 N–H and O–H groups in total. The zero-order valence-electron chi connectivity index (χ0n) is 15.5. The third kappa shape index (κ3) is 3.81. The molecule has 3 amide bonds. The number of hydrogen-bond donors (Lipinski definition) is 4. The Kier molecular flexibility index (Phi) is 5.21. The van der Waals surface area contributed by atoms with Gasteiger partial charge in [0, 0.05) is 25.3 Å². The molecule has 1 saturated carbocycles. The molecule has 3 fully saturated rings. The third-order valence-electron chi connectivity index (χ3n) is 5.05. The summed E-state index contributed by atoms with van der Waals surface area (Å²) in [5.41, 5.74) is -1.41. The van der Waals surface area contributed by atoms with Crippen LogP contribution in [-0.4, -0.2) is 80.2 Å². The van der Waals surface area contributed by atoms with Crippen molar-refractivity contribution in [3.05, 3.63) is 5.01 Å². The Balaban J connectivity index is 1.43. The minimum atomic E-state index is -1.41. The van der Waals surface area contributed by atoms with E-state index in [-0.39, 0.29) is 52.1 Å². The van der Waals surface area contributed by atoms with Crippen molar-refractivity contribution in [2.45, 2.75) is 42.6 Å². The van der Waals surface area contributed by atoms with E-state index < -0.39 is 17.4 Å². The number of nitrogens with one attached hydrogen (secondary N) is 3. The molecule has 13 heteroatoms. The summed E-state index contributed by atoms with van der Waals surface area (Å²) in [5.74, 6) is -1.81. The van der Waals surface area contributed by atoms with E-state index in [9.17, 15) is 24.3 Å². The second kappa shape index (κ2) is 7.54. The molecule has 3 aliphatic rings. The molecule has 1 aromatic heterocycles. The molecule has 1 aliphatic carbocycles. The van der Waals surface area contributed by atoms with Crippen molar-refractivity contribution in [1.29, 1.82) is 0 Å². The second-order valence-electron chi connectivity index (χ2n) is 7.35. The number of hydrogen-bond acceptors (Lipinski definition) is 9. The predicted octanol–water partition coefficient (Wildman–Crippen LogP) is -1.03. The summed E-state index contributed by atoms with van der Waals surface area (Å²) in [6, 6.07) is -0.256. The van der Waals surface area contributed by atoms with Crippen LogP contribution in [0.2, 0.25) is 0 Å². The number of thioether (sulfide) groups is 1. The van der Waals surface area contributed by atoms with Crippen LogP contribution in [0, 0.1) is 0 Å². The fourth-order valence-electron chi connectivity index (χ4n) is 3.29. The summed E-state index contributed by atoms with van der Waals surface area (Å²) in [7, 11) is 0. The first-order valence-electron chi connectivity index (χ1n) is 9.10. The molecule has 0 bridgehead atoms. The molecular weight excluding hydrogens is 420 g/mol. The van der Waals surface area contributed by atoms with Crippen molar-refractivity contribution in [2.75, 3.05) is 24.2 Å². The number of amides is 3. The largest absolute Gasteiger partial charge is 0.480 e. The van der Waals surface area contributed by atoms with E-state index in [4.69, 9.17) is 0 Å². The molecule has 2 aliphatic heterocycles. The number of nitrogens with zero attached hydrogens (tertiary/aromatic N) is 3. The predicted molar refractivity (Wildman–Crippen MR) is 104 cm³/mol. The normalized spacial score (nSPS) is 28.3. The molecule has 3 heterocycles. The van der Waals surface area contributed by atoms with Crippen LogP contribution >= 0.6 is 23.1 Å². The van der Waals surface area contributed by atoms with Crippen molar-refractivity contribution in [2.24, 2.45) is 0 Å². The third-order valence-corrected chi connectivity index (χ3v) is 7.62. The smallest absolute Gasteiger partial charge is 0.319 e. The van der Waals surface area contributed by atoms with Gasteiger partial charge in [0.2, 0.25) is 22.9 Å². The highest BCUT2D eigenvalue weighted by Crippen LogP contribution is 2.44. The summed E-state index contributed by atoms with van der Waals surface area (Å²) in [4.78, 5) is 49.4. The van der Waals surface area contributed by atoms with Crippen LogP contribution in [0.3, 0.4) is 0 Å². The first-order valence-corrected chi connectivity index (χ1v) is 11.0. The number of rotatable bonds is 7. The molecule has 2 unspecified atom stereocenters. The molecule has 0 spiro atoms. The lowest BCUT2D eigenvalue weighted by molar-refractivity contribution is -0.154. The summed E-state index contributed by atoms with van der Waals surface area (Å²) < 4.78 is 0. The highest BCUT2D eigenvalue weighted by atomic mass is 32.2. The Morgan fingerprint density at radius 2 is 2.07 bits per heavy atom. The van der Waals surface area contributed by atoms with E-state index >= 15 is 0 Å².